The smallest absolute Gasteiger partial charge is 0.273 e. The summed E-state index contributed by atoms with van der Waals surface area (Å²) in [7, 11) is 1.62. The average Bonchev–Trinajstić information content (AvgIpc) is 3.31. The fourth-order valence-corrected chi connectivity index (χ4v) is 4.68. The molecule has 0 radical (unpaired) electrons. The van der Waals surface area contributed by atoms with E-state index >= 15 is 0 Å². The maximum absolute atomic E-state index is 13.3. The molecule has 2 amide bonds. The van der Waals surface area contributed by atoms with E-state index < -0.39 is 0 Å². The van der Waals surface area contributed by atoms with Gasteiger partial charge in [-0.3, -0.25) is 14.6 Å². The number of benzene rings is 1. The topological polar surface area (TPSA) is 84.9 Å². The molecule has 1 fully saturated rings. The first kappa shape index (κ1) is 24.8. The first-order valence-electron chi connectivity index (χ1n) is 11.6. The van der Waals surface area contributed by atoms with Crippen molar-refractivity contribution in [2.45, 2.75) is 39.0 Å². The predicted molar refractivity (Wildman–Crippen MR) is 133 cm³/mol. The number of pyridine rings is 1. The van der Waals surface area contributed by atoms with Crippen LogP contribution in [-0.2, 0) is 22.7 Å². The number of thiazole rings is 1. The van der Waals surface area contributed by atoms with Crippen LogP contribution in [0.4, 0.5) is 0 Å². The van der Waals surface area contributed by atoms with Crippen LogP contribution in [0.2, 0.25) is 0 Å². The summed E-state index contributed by atoms with van der Waals surface area (Å²) < 4.78 is 11.5. The fourth-order valence-electron chi connectivity index (χ4n) is 3.87. The Bertz CT molecular complexity index is 1150. The van der Waals surface area contributed by atoms with Crippen molar-refractivity contribution < 1.29 is 19.1 Å². The third-order valence-corrected chi connectivity index (χ3v) is 6.89. The molecule has 3 aromatic rings. The normalized spacial score (nSPS) is 16.5. The van der Waals surface area contributed by atoms with Gasteiger partial charge in [-0.1, -0.05) is 32.0 Å². The molecule has 9 heteroatoms. The molecule has 0 bridgehead atoms. The van der Waals surface area contributed by atoms with Crippen molar-refractivity contribution in [2.24, 2.45) is 0 Å². The van der Waals surface area contributed by atoms with Crippen LogP contribution in [0, 0.1) is 0 Å². The fraction of sp³-hybridized carbons (Fsp3) is 0.385. The largest absolute Gasteiger partial charge is 0.497 e. The van der Waals surface area contributed by atoms with Gasteiger partial charge in [-0.15, -0.1) is 11.3 Å². The summed E-state index contributed by atoms with van der Waals surface area (Å²) in [4.78, 5) is 38.6. The Morgan fingerprint density at radius 3 is 2.77 bits per heavy atom. The molecule has 1 atom stereocenters. The lowest BCUT2D eigenvalue weighted by Gasteiger charge is -2.24. The highest BCUT2D eigenvalue weighted by Gasteiger charge is 2.32. The van der Waals surface area contributed by atoms with Gasteiger partial charge in [-0.25, -0.2) is 4.98 Å². The van der Waals surface area contributed by atoms with Crippen molar-refractivity contribution in [3.8, 4) is 5.75 Å². The highest BCUT2D eigenvalue weighted by atomic mass is 32.1. The van der Waals surface area contributed by atoms with Gasteiger partial charge >= 0.3 is 0 Å². The number of methoxy groups -OCH3 is 1. The lowest BCUT2D eigenvalue weighted by atomic mass is 10.2. The summed E-state index contributed by atoms with van der Waals surface area (Å²) in [5.74, 6) is 0.590. The number of carbonyl (C=O) groups is 2. The molecule has 35 heavy (non-hydrogen) atoms. The Kier molecular flexibility index (Phi) is 8.09. The van der Waals surface area contributed by atoms with Crippen LogP contribution < -0.4 is 4.74 Å². The predicted octanol–water partition coefficient (Wildman–Crippen LogP) is 3.74. The van der Waals surface area contributed by atoms with Gasteiger partial charge in [0.15, 0.2) is 0 Å². The lowest BCUT2D eigenvalue weighted by molar-refractivity contribution is -0.132. The highest BCUT2D eigenvalue weighted by Crippen LogP contribution is 2.22. The van der Waals surface area contributed by atoms with Crippen molar-refractivity contribution in [3.63, 3.8) is 0 Å². The molecule has 0 saturated carbocycles. The summed E-state index contributed by atoms with van der Waals surface area (Å²) >= 11 is 1.46. The van der Waals surface area contributed by atoms with Gasteiger partial charge < -0.3 is 19.3 Å². The van der Waals surface area contributed by atoms with Gasteiger partial charge in [0.25, 0.3) is 5.91 Å². The molecule has 184 valence electrons. The molecule has 1 aliphatic heterocycles. The van der Waals surface area contributed by atoms with E-state index in [4.69, 9.17) is 9.47 Å². The van der Waals surface area contributed by atoms with E-state index in [9.17, 15) is 9.59 Å². The third kappa shape index (κ3) is 6.43. The molecule has 1 unspecified atom stereocenters. The highest BCUT2D eigenvalue weighted by molar-refractivity contribution is 7.09. The van der Waals surface area contributed by atoms with E-state index in [0.29, 0.717) is 31.9 Å². The molecule has 1 saturated heterocycles. The number of rotatable bonds is 8. The number of ether oxygens (including phenoxy) is 2. The first-order valence-corrected chi connectivity index (χ1v) is 12.5. The number of nitrogens with zero attached hydrogens (tertiary/aromatic N) is 4. The van der Waals surface area contributed by atoms with E-state index in [0.717, 1.165) is 22.0 Å². The monoisotopic (exact) mass is 494 g/mol. The summed E-state index contributed by atoms with van der Waals surface area (Å²) in [6.45, 7) is 5.40. The molecular formula is C26H30N4O4S. The minimum atomic E-state index is -0.372. The van der Waals surface area contributed by atoms with Crippen molar-refractivity contribution in [2.75, 3.05) is 26.7 Å². The van der Waals surface area contributed by atoms with Crippen LogP contribution in [0.25, 0.3) is 0 Å². The lowest BCUT2D eigenvalue weighted by Crippen LogP contribution is -2.39. The van der Waals surface area contributed by atoms with Crippen LogP contribution in [0.15, 0.2) is 54.0 Å². The number of carbonyl (C=O) groups excluding carboxylic acids is 2. The summed E-state index contributed by atoms with van der Waals surface area (Å²) in [6, 6.07) is 13.3. The maximum Gasteiger partial charge on any atom is 0.273 e. The SMILES string of the molecule is COc1cccc(COC2CN(Cc3ccccn3)C(=O)CN(C(=O)c3csc(C(C)C)n3)C2)c1. The van der Waals surface area contributed by atoms with E-state index in [-0.39, 0.29) is 30.4 Å². The zero-order valence-electron chi connectivity index (χ0n) is 20.2. The Balaban J connectivity index is 1.53. The Morgan fingerprint density at radius 2 is 2.06 bits per heavy atom. The number of amides is 2. The van der Waals surface area contributed by atoms with Crippen molar-refractivity contribution in [1.82, 2.24) is 19.8 Å². The Hall–Kier alpha value is -3.30. The molecule has 1 aromatic carbocycles. The summed E-state index contributed by atoms with van der Waals surface area (Å²) in [5.41, 5.74) is 2.11. The van der Waals surface area contributed by atoms with Crippen LogP contribution in [0.5, 0.6) is 5.75 Å². The van der Waals surface area contributed by atoms with Gasteiger partial charge in [-0.05, 0) is 29.8 Å². The molecule has 2 aromatic heterocycles. The zero-order valence-corrected chi connectivity index (χ0v) is 21.0. The molecule has 1 aliphatic rings. The van der Waals surface area contributed by atoms with E-state index in [2.05, 4.69) is 9.97 Å². The van der Waals surface area contributed by atoms with Gasteiger partial charge in [0.1, 0.15) is 18.0 Å². The van der Waals surface area contributed by atoms with Gasteiger partial charge in [0.05, 0.1) is 37.1 Å². The maximum atomic E-state index is 13.3. The van der Waals surface area contributed by atoms with E-state index in [1.54, 1.807) is 28.5 Å². The van der Waals surface area contributed by atoms with Crippen LogP contribution >= 0.6 is 11.3 Å². The second kappa shape index (κ2) is 11.4. The number of hydrogen-bond acceptors (Lipinski definition) is 7. The van der Waals surface area contributed by atoms with Crippen LogP contribution in [-0.4, -0.2) is 64.4 Å². The molecule has 3 heterocycles. The minimum absolute atomic E-state index is 0.0285. The second-order valence-corrected chi connectivity index (χ2v) is 9.68. The molecular weight excluding hydrogens is 464 g/mol. The van der Waals surface area contributed by atoms with E-state index in [1.807, 2.05) is 56.3 Å². The summed E-state index contributed by atoms with van der Waals surface area (Å²) in [5, 5.41) is 2.67. The zero-order chi connectivity index (χ0) is 24.8. The van der Waals surface area contributed by atoms with Crippen LogP contribution in [0.1, 0.15) is 46.5 Å². The van der Waals surface area contributed by atoms with Crippen LogP contribution in [0.3, 0.4) is 0 Å². The van der Waals surface area contributed by atoms with Crippen molar-refractivity contribution >= 4 is 23.2 Å². The van der Waals surface area contributed by atoms with E-state index in [1.165, 1.54) is 11.3 Å². The van der Waals surface area contributed by atoms with Gasteiger partial charge in [-0.2, -0.15) is 0 Å². The Morgan fingerprint density at radius 1 is 1.20 bits per heavy atom. The number of aromatic nitrogens is 2. The summed E-state index contributed by atoms with van der Waals surface area (Å²) in [6.07, 6.45) is 1.34. The quantitative estimate of drug-likeness (QED) is 0.474. The van der Waals surface area contributed by atoms with Crippen molar-refractivity contribution in [3.05, 3.63) is 76.0 Å². The molecule has 0 spiro atoms. The van der Waals surface area contributed by atoms with Crippen molar-refractivity contribution in [1.29, 1.82) is 0 Å². The Labute approximate surface area is 209 Å². The van der Waals surface area contributed by atoms with Gasteiger partial charge in [0, 0.05) is 30.6 Å². The number of hydrogen-bond donors (Lipinski definition) is 0. The standard InChI is InChI=1S/C26H30N4O4S/c1-18(2)25-28-23(17-35-25)26(32)30-14-22(34-16-19-7-6-9-21(11-19)33-3)13-29(24(31)15-30)12-20-8-4-5-10-27-20/h4-11,17-18,22H,12-16H2,1-3H3. The van der Waals surface area contributed by atoms with Gasteiger partial charge in [0.2, 0.25) is 5.91 Å². The average molecular weight is 495 g/mol. The molecule has 8 nitrogen and oxygen atoms in total. The first-order chi connectivity index (χ1) is 16.9. The second-order valence-electron chi connectivity index (χ2n) is 8.79. The minimum Gasteiger partial charge on any atom is -0.497 e. The molecule has 4 rings (SSSR count). The molecule has 0 N–H and O–H groups in total. The molecule has 0 aliphatic carbocycles. The third-order valence-electron chi connectivity index (χ3n) is 5.75.